The number of alkyl halides is 2. The molecule has 0 radical (unpaired) electrons. The zero-order valence-electron chi connectivity index (χ0n) is 23.7. The molecule has 0 spiro atoms. The average Bonchev–Trinajstić information content (AvgIpc) is 3.60. The largest absolute Gasteiger partial charge is 0.490 e. The van der Waals surface area contributed by atoms with Crippen LogP contribution in [0.15, 0.2) is 65.1 Å². The Balaban J connectivity index is 1.24. The molecule has 3 aromatic carbocycles. The molecular formula is C33H36BrF2N3O4. The fraction of sp³-hybridized carbons (Fsp3) is 0.455. The predicted molar refractivity (Wildman–Crippen MR) is 163 cm³/mol. The number of halogens is 3. The summed E-state index contributed by atoms with van der Waals surface area (Å²) in [5.74, 6) is -4.92. The minimum atomic E-state index is -3.74. The Morgan fingerprint density at radius 2 is 1.58 bits per heavy atom. The lowest BCUT2D eigenvalue weighted by Crippen LogP contribution is -2.61. The first-order valence-electron chi connectivity index (χ1n) is 15.0. The standard InChI is InChI=1S/C33H36BrF2N3O4/c34-23-10-8-22(9-11-23)33(35,36)30(32(42)39-25-12-13-26(39)18-24(37)17-25)38-31(41)29(40)21-6-5-20-16-28(14-7-19(20)15-21)43-27-3-1-2-4-27/h5-11,14-16,24-27,29-30,40H,1-4,12-13,17-18,37H2,(H,38,41)/t24?,25?,26?,29?,30-/m0/s1. The van der Waals surface area contributed by atoms with Crippen LogP contribution >= 0.6 is 15.9 Å². The van der Waals surface area contributed by atoms with Gasteiger partial charge in [-0.15, -0.1) is 0 Å². The summed E-state index contributed by atoms with van der Waals surface area (Å²) in [4.78, 5) is 28.7. The van der Waals surface area contributed by atoms with E-state index >= 15 is 8.78 Å². The fourth-order valence-electron chi connectivity index (χ4n) is 6.93. The normalized spacial score (nSPS) is 23.7. The summed E-state index contributed by atoms with van der Waals surface area (Å²) in [6.07, 6.45) is 5.27. The minimum absolute atomic E-state index is 0.0957. The van der Waals surface area contributed by atoms with E-state index in [4.69, 9.17) is 10.5 Å². The number of carbonyl (C=O) groups is 2. The third-order valence-corrected chi connectivity index (χ3v) is 9.68. The number of rotatable bonds is 8. The summed E-state index contributed by atoms with van der Waals surface area (Å²) >= 11 is 3.25. The predicted octanol–water partition coefficient (Wildman–Crippen LogP) is 5.71. The highest BCUT2D eigenvalue weighted by Gasteiger charge is 2.53. The molecule has 1 aliphatic carbocycles. The van der Waals surface area contributed by atoms with Crippen LogP contribution in [0.25, 0.3) is 10.8 Å². The van der Waals surface area contributed by atoms with Gasteiger partial charge in [0, 0.05) is 28.2 Å². The van der Waals surface area contributed by atoms with Crippen molar-refractivity contribution in [2.24, 2.45) is 5.73 Å². The molecule has 1 saturated carbocycles. The van der Waals surface area contributed by atoms with Crippen LogP contribution in [0.5, 0.6) is 5.75 Å². The van der Waals surface area contributed by atoms with Crippen molar-refractivity contribution in [3.63, 3.8) is 0 Å². The molecule has 2 saturated heterocycles. The third-order valence-electron chi connectivity index (χ3n) is 9.15. The van der Waals surface area contributed by atoms with Gasteiger partial charge in [0.1, 0.15) is 5.75 Å². The van der Waals surface area contributed by atoms with Crippen molar-refractivity contribution >= 4 is 38.5 Å². The smallest absolute Gasteiger partial charge is 0.302 e. The summed E-state index contributed by atoms with van der Waals surface area (Å²) in [5, 5.41) is 14.9. The van der Waals surface area contributed by atoms with Crippen molar-refractivity contribution in [3.05, 3.63) is 76.3 Å². The Labute approximate surface area is 257 Å². The van der Waals surface area contributed by atoms with Gasteiger partial charge in [0.05, 0.1) is 6.10 Å². The number of amides is 2. The number of benzene rings is 3. The van der Waals surface area contributed by atoms with Gasteiger partial charge in [0.2, 0.25) is 0 Å². The van der Waals surface area contributed by atoms with Crippen molar-refractivity contribution in [2.45, 2.75) is 93.7 Å². The quantitative estimate of drug-likeness (QED) is 0.288. The van der Waals surface area contributed by atoms with Gasteiger partial charge >= 0.3 is 5.92 Å². The summed E-state index contributed by atoms with van der Waals surface area (Å²) in [7, 11) is 0. The molecule has 10 heteroatoms. The summed E-state index contributed by atoms with van der Waals surface area (Å²) < 4.78 is 39.0. The highest BCUT2D eigenvalue weighted by atomic mass is 79.9. The second-order valence-corrected chi connectivity index (χ2v) is 13.0. The van der Waals surface area contributed by atoms with Crippen molar-refractivity contribution in [1.29, 1.82) is 0 Å². The maximum absolute atomic E-state index is 16.1. The molecule has 4 atom stereocenters. The average molecular weight is 657 g/mol. The third kappa shape index (κ3) is 6.14. The van der Waals surface area contributed by atoms with Crippen LogP contribution in [0.4, 0.5) is 8.78 Å². The number of aliphatic hydroxyl groups is 1. The zero-order chi connectivity index (χ0) is 30.3. The van der Waals surface area contributed by atoms with Gasteiger partial charge in [-0.1, -0.05) is 46.3 Å². The number of aliphatic hydroxyl groups excluding tert-OH is 1. The second kappa shape index (κ2) is 12.1. The number of hydrogen-bond acceptors (Lipinski definition) is 5. The van der Waals surface area contributed by atoms with Crippen LogP contribution in [-0.4, -0.2) is 52.1 Å². The first kappa shape index (κ1) is 30.0. The van der Waals surface area contributed by atoms with Gasteiger partial charge in [0.25, 0.3) is 11.8 Å². The van der Waals surface area contributed by atoms with Crippen molar-refractivity contribution in [2.75, 3.05) is 0 Å². The molecule has 2 heterocycles. The monoisotopic (exact) mass is 655 g/mol. The zero-order valence-corrected chi connectivity index (χ0v) is 25.3. The maximum Gasteiger partial charge on any atom is 0.302 e. The number of ether oxygens (including phenoxy) is 1. The van der Waals surface area contributed by atoms with Crippen LogP contribution in [0.2, 0.25) is 0 Å². The Hall–Kier alpha value is -3.08. The topological polar surface area (TPSA) is 105 Å². The second-order valence-electron chi connectivity index (χ2n) is 12.1. The van der Waals surface area contributed by atoms with Crippen LogP contribution in [-0.2, 0) is 15.5 Å². The highest BCUT2D eigenvalue weighted by molar-refractivity contribution is 9.10. The van der Waals surface area contributed by atoms with E-state index in [1.165, 1.54) is 29.2 Å². The van der Waals surface area contributed by atoms with E-state index in [2.05, 4.69) is 21.2 Å². The minimum Gasteiger partial charge on any atom is -0.490 e. The Morgan fingerprint density at radius 1 is 0.953 bits per heavy atom. The molecule has 2 aliphatic heterocycles. The number of fused-ring (bicyclic) bond motifs is 3. The number of carbonyl (C=O) groups excluding carboxylic acids is 2. The van der Waals surface area contributed by atoms with E-state index < -0.39 is 35.4 Å². The molecule has 3 fully saturated rings. The first-order chi connectivity index (χ1) is 20.6. The molecule has 3 unspecified atom stereocenters. The molecule has 3 aromatic rings. The molecule has 7 nitrogen and oxygen atoms in total. The lowest BCUT2D eigenvalue weighted by molar-refractivity contribution is -0.155. The molecule has 0 aromatic heterocycles. The van der Waals surface area contributed by atoms with Gasteiger partial charge in [-0.05, 0) is 98.0 Å². The Morgan fingerprint density at radius 3 is 2.26 bits per heavy atom. The number of nitrogens with zero attached hydrogens (tertiary/aromatic N) is 1. The molecule has 6 rings (SSSR count). The van der Waals surface area contributed by atoms with Gasteiger partial charge in [-0.2, -0.15) is 8.78 Å². The lowest BCUT2D eigenvalue weighted by atomic mass is 9.94. The van der Waals surface area contributed by atoms with E-state index in [1.54, 1.807) is 18.2 Å². The summed E-state index contributed by atoms with van der Waals surface area (Å²) in [6, 6.07) is 13.2. The van der Waals surface area contributed by atoms with Crippen LogP contribution in [0, 0.1) is 0 Å². The number of nitrogens with one attached hydrogen (secondary N) is 1. The maximum atomic E-state index is 16.1. The highest BCUT2D eigenvalue weighted by Crippen LogP contribution is 2.40. The van der Waals surface area contributed by atoms with Gasteiger partial charge in [0.15, 0.2) is 12.1 Å². The van der Waals surface area contributed by atoms with E-state index in [0.717, 1.165) is 42.2 Å². The summed E-state index contributed by atoms with van der Waals surface area (Å²) in [6.45, 7) is 0. The number of nitrogens with two attached hydrogens (primary N) is 1. The molecule has 43 heavy (non-hydrogen) atoms. The van der Waals surface area contributed by atoms with Gasteiger partial charge in [-0.3, -0.25) is 9.59 Å². The number of hydrogen-bond donors (Lipinski definition) is 3. The molecular weight excluding hydrogens is 620 g/mol. The van der Waals surface area contributed by atoms with E-state index in [-0.39, 0.29) is 29.8 Å². The van der Waals surface area contributed by atoms with E-state index in [9.17, 15) is 14.7 Å². The van der Waals surface area contributed by atoms with Gasteiger partial charge < -0.3 is 25.8 Å². The molecule has 4 N–H and O–H groups in total. The van der Waals surface area contributed by atoms with Gasteiger partial charge in [-0.25, -0.2) is 0 Å². The molecule has 2 bridgehead atoms. The number of piperidine rings is 1. The van der Waals surface area contributed by atoms with Crippen LogP contribution in [0.3, 0.4) is 0 Å². The lowest BCUT2D eigenvalue weighted by Gasteiger charge is -2.41. The van der Waals surface area contributed by atoms with Crippen molar-refractivity contribution < 1.29 is 28.2 Å². The van der Waals surface area contributed by atoms with E-state index in [1.807, 2.05) is 18.2 Å². The summed E-state index contributed by atoms with van der Waals surface area (Å²) in [5.41, 5.74) is 5.98. The van der Waals surface area contributed by atoms with Crippen molar-refractivity contribution in [3.8, 4) is 5.75 Å². The Bertz CT molecular complexity index is 1480. The van der Waals surface area contributed by atoms with E-state index in [0.29, 0.717) is 30.2 Å². The van der Waals surface area contributed by atoms with Crippen molar-refractivity contribution in [1.82, 2.24) is 10.2 Å². The Kier molecular flexibility index (Phi) is 8.45. The SMILES string of the molecule is NC1CC2CCC(C1)N2C(=O)[C@H](NC(=O)C(O)c1ccc2cc(OC3CCCC3)ccc2c1)C(F)(F)c1ccc(Br)cc1. The molecule has 3 aliphatic rings. The first-order valence-corrected chi connectivity index (χ1v) is 15.8. The molecule has 2 amide bonds. The van der Waals surface area contributed by atoms with Crippen LogP contribution in [0.1, 0.15) is 68.6 Å². The fourth-order valence-corrected chi connectivity index (χ4v) is 7.20. The van der Waals surface area contributed by atoms with Crippen LogP contribution < -0.4 is 15.8 Å². The molecule has 228 valence electrons.